The van der Waals surface area contributed by atoms with Gasteiger partial charge in [-0.2, -0.15) is 0 Å². The number of benzene rings is 2. The largest absolute Gasteiger partial charge is 0.497 e. The lowest BCUT2D eigenvalue weighted by Gasteiger charge is -2.25. The zero-order valence-corrected chi connectivity index (χ0v) is 21.3. The van der Waals surface area contributed by atoms with Crippen molar-refractivity contribution in [3.8, 4) is 5.75 Å². The Kier molecular flexibility index (Phi) is 6.98. The van der Waals surface area contributed by atoms with E-state index >= 15 is 0 Å². The molecule has 0 N–H and O–H groups in total. The fraction of sp³-hybridized carbons (Fsp3) is 0.240. The van der Waals surface area contributed by atoms with Crippen LogP contribution in [0.5, 0.6) is 5.75 Å². The fourth-order valence-electron chi connectivity index (χ4n) is 3.72. The van der Waals surface area contributed by atoms with Gasteiger partial charge in [0.15, 0.2) is 4.80 Å². The minimum Gasteiger partial charge on any atom is -0.497 e. The predicted octanol–water partition coefficient (Wildman–Crippen LogP) is 4.50. The number of rotatable bonds is 5. The van der Waals surface area contributed by atoms with Gasteiger partial charge in [0.05, 0.1) is 45.1 Å². The summed E-state index contributed by atoms with van der Waals surface area (Å²) < 4.78 is 12.8. The van der Waals surface area contributed by atoms with Gasteiger partial charge in [0.1, 0.15) is 5.75 Å². The Morgan fingerprint density at radius 2 is 1.85 bits per heavy atom. The van der Waals surface area contributed by atoms with Gasteiger partial charge in [-0.05, 0) is 62.2 Å². The van der Waals surface area contributed by atoms with Crippen LogP contribution in [-0.4, -0.2) is 23.8 Å². The Labute approximate surface area is 210 Å². The van der Waals surface area contributed by atoms with E-state index in [-0.39, 0.29) is 11.7 Å². The summed E-state index contributed by atoms with van der Waals surface area (Å²) >= 11 is 13.4. The van der Waals surface area contributed by atoms with Crippen LogP contribution in [0.4, 0.5) is 0 Å². The van der Waals surface area contributed by atoms with E-state index in [1.165, 1.54) is 11.3 Å². The molecule has 1 aromatic heterocycles. The number of allylic oxidation sites excluding steroid dienone is 1. The summed E-state index contributed by atoms with van der Waals surface area (Å²) in [5, 5.41) is 0.831. The summed E-state index contributed by atoms with van der Waals surface area (Å²) in [5.74, 6) is 0.165. The first-order valence-electron chi connectivity index (χ1n) is 10.5. The van der Waals surface area contributed by atoms with Crippen LogP contribution >= 0.6 is 34.5 Å². The highest BCUT2D eigenvalue weighted by Gasteiger charge is 2.33. The van der Waals surface area contributed by atoms with Crippen LogP contribution < -0.4 is 19.6 Å². The van der Waals surface area contributed by atoms with E-state index in [2.05, 4.69) is 4.99 Å². The molecule has 9 heteroatoms. The molecule has 1 atom stereocenters. The quantitative estimate of drug-likeness (QED) is 0.468. The number of carbonyl (C=O) groups excluding carboxylic acids is 1. The fourth-order valence-corrected chi connectivity index (χ4v) is 5.07. The van der Waals surface area contributed by atoms with Gasteiger partial charge < -0.3 is 9.47 Å². The molecule has 2 heterocycles. The molecule has 2 aromatic carbocycles. The van der Waals surface area contributed by atoms with Crippen molar-refractivity contribution in [3.05, 3.63) is 94.6 Å². The third kappa shape index (κ3) is 4.69. The summed E-state index contributed by atoms with van der Waals surface area (Å²) in [6.07, 6.45) is 1.42. The van der Waals surface area contributed by atoms with Crippen molar-refractivity contribution in [2.75, 3.05) is 7.11 Å². The average molecular weight is 517 g/mol. The van der Waals surface area contributed by atoms with Gasteiger partial charge in [-0.15, -0.1) is 0 Å². The molecule has 0 saturated heterocycles. The molecule has 0 unspecified atom stereocenters. The van der Waals surface area contributed by atoms with Crippen molar-refractivity contribution >= 4 is 46.6 Å². The number of carbonyl (C=O) groups is 1. The molecule has 0 saturated carbocycles. The minimum atomic E-state index is -0.690. The molecule has 0 amide bonds. The van der Waals surface area contributed by atoms with E-state index in [0.717, 1.165) is 11.1 Å². The van der Waals surface area contributed by atoms with Crippen molar-refractivity contribution in [1.29, 1.82) is 0 Å². The van der Waals surface area contributed by atoms with Gasteiger partial charge in [0, 0.05) is 0 Å². The molecule has 6 nitrogen and oxygen atoms in total. The first-order chi connectivity index (χ1) is 16.2. The number of hydrogen-bond donors (Lipinski definition) is 0. The smallest absolute Gasteiger partial charge is 0.338 e. The second-order valence-electron chi connectivity index (χ2n) is 7.98. The number of thiazole rings is 1. The molecule has 34 heavy (non-hydrogen) atoms. The molecule has 0 spiro atoms. The van der Waals surface area contributed by atoms with E-state index in [1.807, 2.05) is 12.1 Å². The molecule has 0 fully saturated rings. The molecule has 0 radical (unpaired) electrons. The number of hydrogen-bond acceptors (Lipinski definition) is 6. The van der Waals surface area contributed by atoms with Crippen molar-refractivity contribution in [3.63, 3.8) is 0 Å². The maximum Gasteiger partial charge on any atom is 0.338 e. The number of esters is 1. The number of methoxy groups -OCH3 is 1. The van der Waals surface area contributed by atoms with Gasteiger partial charge >= 0.3 is 5.97 Å². The van der Waals surface area contributed by atoms with Crippen LogP contribution in [0.3, 0.4) is 0 Å². The molecular formula is C25H22Cl2N2O4S. The highest BCUT2D eigenvalue weighted by atomic mass is 35.5. The second kappa shape index (κ2) is 9.78. The number of ether oxygens (including phenoxy) is 2. The van der Waals surface area contributed by atoms with Gasteiger partial charge in [-0.3, -0.25) is 9.36 Å². The Balaban J connectivity index is 1.93. The molecule has 4 rings (SSSR count). The van der Waals surface area contributed by atoms with Crippen LogP contribution in [0, 0.1) is 0 Å². The highest BCUT2D eigenvalue weighted by molar-refractivity contribution is 7.07. The minimum absolute atomic E-state index is 0.266. The first-order valence-corrected chi connectivity index (χ1v) is 12.1. The Bertz CT molecular complexity index is 1470. The van der Waals surface area contributed by atoms with Crippen LogP contribution in [0.1, 0.15) is 37.9 Å². The van der Waals surface area contributed by atoms with Gasteiger partial charge in [0.2, 0.25) is 0 Å². The third-order valence-corrected chi connectivity index (χ3v) is 6.98. The van der Waals surface area contributed by atoms with E-state index in [9.17, 15) is 9.59 Å². The Morgan fingerprint density at radius 3 is 2.47 bits per heavy atom. The molecular weight excluding hydrogens is 495 g/mol. The average Bonchev–Trinajstić information content (AvgIpc) is 3.09. The lowest BCUT2D eigenvalue weighted by atomic mass is 9.96. The van der Waals surface area contributed by atoms with Crippen LogP contribution in [0.25, 0.3) is 6.08 Å². The summed E-state index contributed by atoms with van der Waals surface area (Å²) in [5.41, 5.74) is 2.04. The van der Waals surface area contributed by atoms with Gasteiger partial charge in [-0.1, -0.05) is 52.7 Å². The predicted molar refractivity (Wildman–Crippen MR) is 134 cm³/mol. The zero-order chi connectivity index (χ0) is 24.6. The number of nitrogens with zero attached hydrogens (tertiary/aromatic N) is 2. The van der Waals surface area contributed by atoms with Crippen molar-refractivity contribution in [2.24, 2.45) is 4.99 Å². The van der Waals surface area contributed by atoms with E-state index in [0.29, 0.717) is 36.4 Å². The number of fused-ring (bicyclic) bond motifs is 1. The van der Waals surface area contributed by atoms with Crippen molar-refractivity contribution in [1.82, 2.24) is 4.57 Å². The lowest BCUT2D eigenvalue weighted by molar-refractivity contribution is -0.143. The Hall–Kier alpha value is -2.87. The summed E-state index contributed by atoms with van der Waals surface area (Å²) in [7, 11) is 1.58. The zero-order valence-electron chi connectivity index (χ0n) is 19.0. The van der Waals surface area contributed by atoms with Gasteiger partial charge in [-0.25, -0.2) is 9.79 Å². The van der Waals surface area contributed by atoms with Crippen molar-refractivity contribution in [2.45, 2.75) is 32.9 Å². The normalized spacial score (nSPS) is 15.9. The maximum absolute atomic E-state index is 13.6. The highest BCUT2D eigenvalue weighted by Crippen LogP contribution is 2.32. The van der Waals surface area contributed by atoms with Crippen LogP contribution in [-0.2, 0) is 9.53 Å². The van der Waals surface area contributed by atoms with E-state index in [1.54, 1.807) is 68.9 Å². The summed E-state index contributed by atoms with van der Waals surface area (Å²) in [4.78, 5) is 31.8. The molecule has 176 valence electrons. The first kappa shape index (κ1) is 24.3. The van der Waals surface area contributed by atoms with Crippen LogP contribution in [0.2, 0.25) is 10.0 Å². The standard InChI is InChI=1S/C25H22Cl2N2O4S/c1-13(2)33-24(31)21-14(3)28-25-29(22(21)16-6-8-17(32-4)9-7-16)23(30)20(34-25)12-15-5-10-18(26)19(27)11-15/h5-13,22H,1-4H3/b20-12+/t22-/m1/s1. The second-order valence-corrected chi connectivity index (χ2v) is 9.81. The third-order valence-electron chi connectivity index (χ3n) is 5.26. The lowest BCUT2D eigenvalue weighted by Crippen LogP contribution is -2.40. The summed E-state index contributed by atoms with van der Waals surface area (Å²) in [6.45, 7) is 5.31. The SMILES string of the molecule is COc1ccc([C@@H]2C(C(=O)OC(C)C)=C(C)N=c3s/c(=C/c4ccc(Cl)c(Cl)c4)c(=O)n32)cc1. The number of halogens is 2. The number of aromatic nitrogens is 1. The van der Waals surface area contributed by atoms with Crippen molar-refractivity contribution < 1.29 is 14.3 Å². The monoisotopic (exact) mass is 516 g/mol. The van der Waals surface area contributed by atoms with E-state index in [4.69, 9.17) is 32.7 Å². The van der Waals surface area contributed by atoms with Gasteiger partial charge in [0.25, 0.3) is 5.56 Å². The summed E-state index contributed by atoms with van der Waals surface area (Å²) in [6, 6.07) is 11.7. The maximum atomic E-state index is 13.6. The van der Waals surface area contributed by atoms with E-state index < -0.39 is 12.0 Å². The molecule has 1 aliphatic rings. The molecule has 0 bridgehead atoms. The van der Waals surface area contributed by atoms with Crippen LogP contribution in [0.15, 0.2) is 63.5 Å². The molecule has 0 aliphatic carbocycles. The topological polar surface area (TPSA) is 69.9 Å². The Morgan fingerprint density at radius 1 is 1.15 bits per heavy atom. The molecule has 1 aliphatic heterocycles. The molecule has 3 aromatic rings.